The molecule has 0 saturated carbocycles. The molecule has 0 unspecified atom stereocenters. The maximum Gasteiger partial charge on any atom is 0.156 e. The molecule has 1 aromatic heterocycles. The van der Waals surface area contributed by atoms with Gasteiger partial charge in [-0.15, -0.1) is 12.6 Å². The number of rotatable bonds is 1. The molecule has 2 N–H and O–H groups in total. The molecular weight excluding hydrogens is 162 g/mol. The van der Waals surface area contributed by atoms with Crippen LogP contribution in [-0.2, 0) is 0 Å². The first kappa shape index (κ1) is 8.00. The van der Waals surface area contributed by atoms with Crippen molar-refractivity contribution in [1.29, 1.82) is 0 Å². The molecule has 0 atom stereocenters. The summed E-state index contributed by atoms with van der Waals surface area (Å²) in [5, 5.41) is 0.324. The van der Waals surface area contributed by atoms with Gasteiger partial charge in [0.25, 0.3) is 0 Å². The van der Waals surface area contributed by atoms with Crippen LogP contribution < -0.4 is 5.73 Å². The van der Waals surface area contributed by atoms with E-state index in [1.165, 1.54) is 0 Å². The van der Waals surface area contributed by atoms with E-state index in [0.717, 1.165) is 0 Å². The van der Waals surface area contributed by atoms with Crippen molar-refractivity contribution in [3.05, 3.63) is 11.4 Å². The second-order valence-electron chi connectivity index (χ2n) is 2.01. The fourth-order valence-electron chi connectivity index (χ4n) is 0.701. The highest BCUT2D eigenvalue weighted by Crippen LogP contribution is 2.13. The highest BCUT2D eigenvalue weighted by Gasteiger charge is 2.05. The lowest BCUT2D eigenvalue weighted by atomic mass is 10.3. The van der Waals surface area contributed by atoms with Gasteiger partial charge in [-0.1, -0.05) is 0 Å². The first-order valence-corrected chi connectivity index (χ1v) is 3.38. The highest BCUT2D eigenvalue weighted by atomic mass is 32.1. The monoisotopic (exact) mass is 169 g/mol. The Hall–Kier alpha value is -1.10. The molecule has 1 aromatic rings. The second-order valence-corrected chi connectivity index (χ2v) is 2.43. The molecule has 1 rings (SSSR count). The number of aromatic nitrogens is 2. The Kier molecular flexibility index (Phi) is 2.09. The van der Waals surface area contributed by atoms with Crippen molar-refractivity contribution in [2.75, 3.05) is 5.73 Å². The highest BCUT2D eigenvalue weighted by molar-refractivity contribution is 7.80. The molecule has 0 aliphatic heterocycles. The van der Waals surface area contributed by atoms with Crippen LogP contribution in [0.15, 0.2) is 5.03 Å². The van der Waals surface area contributed by atoms with Gasteiger partial charge in [0.15, 0.2) is 6.29 Å². The molecule has 0 aromatic carbocycles. The Morgan fingerprint density at radius 2 is 2.18 bits per heavy atom. The largest absolute Gasteiger partial charge is 0.383 e. The molecule has 11 heavy (non-hydrogen) atoms. The average Bonchev–Trinajstić information content (AvgIpc) is 1.85. The van der Waals surface area contributed by atoms with Gasteiger partial charge in [0.05, 0.1) is 5.56 Å². The van der Waals surface area contributed by atoms with Crippen LogP contribution in [0.25, 0.3) is 0 Å². The van der Waals surface area contributed by atoms with Crippen molar-refractivity contribution >= 4 is 24.7 Å². The van der Waals surface area contributed by atoms with Gasteiger partial charge in [0.2, 0.25) is 0 Å². The van der Waals surface area contributed by atoms with Gasteiger partial charge in [-0.2, -0.15) is 0 Å². The number of aldehydes is 1. The Morgan fingerprint density at radius 1 is 1.55 bits per heavy atom. The van der Waals surface area contributed by atoms with Crippen molar-refractivity contribution in [2.24, 2.45) is 0 Å². The van der Waals surface area contributed by atoms with Crippen LogP contribution in [0.4, 0.5) is 5.82 Å². The van der Waals surface area contributed by atoms with Crippen LogP contribution in [0.3, 0.4) is 0 Å². The van der Waals surface area contributed by atoms with Crippen LogP contribution >= 0.6 is 12.6 Å². The van der Waals surface area contributed by atoms with Crippen molar-refractivity contribution in [2.45, 2.75) is 11.9 Å². The molecule has 0 amide bonds. The summed E-state index contributed by atoms with van der Waals surface area (Å²) >= 11 is 3.96. The van der Waals surface area contributed by atoms with Gasteiger partial charge >= 0.3 is 0 Å². The summed E-state index contributed by atoms with van der Waals surface area (Å²) in [6.45, 7) is 1.69. The van der Waals surface area contributed by atoms with E-state index in [-0.39, 0.29) is 11.4 Å². The molecule has 58 valence electrons. The van der Waals surface area contributed by atoms with E-state index in [1.807, 2.05) is 0 Å². The summed E-state index contributed by atoms with van der Waals surface area (Å²) in [7, 11) is 0. The van der Waals surface area contributed by atoms with E-state index in [2.05, 4.69) is 22.6 Å². The smallest absolute Gasteiger partial charge is 0.156 e. The number of hydrogen-bond acceptors (Lipinski definition) is 5. The maximum absolute atomic E-state index is 10.4. The van der Waals surface area contributed by atoms with Crippen molar-refractivity contribution < 1.29 is 4.79 Å². The molecule has 0 saturated heterocycles. The minimum absolute atomic E-state index is 0.178. The predicted octanol–water partition coefficient (Wildman–Crippen LogP) is 0.468. The first-order valence-electron chi connectivity index (χ1n) is 2.93. The number of aryl methyl sites for hydroxylation is 1. The lowest BCUT2D eigenvalue weighted by molar-refractivity contribution is 0.112. The summed E-state index contributed by atoms with van der Waals surface area (Å²) < 4.78 is 0. The Morgan fingerprint density at radius 3 is 2.64 bits per heavy atom. The number of carbonyl (C=O) groups excluding carboxylic acids is 1. The number of nitrogen functional groups attached to an aromatic ring is 1. The van der Waals surface area contributed by atoms with Gasteiger partial charge < -0.3 is 5.73 Å². The maximum atomic E-state index is 10.4. The van der Waals surface area contributed by atoms with Crippen LogP contribution in [0.1, 0.15) is 16.2 Å². The van der Waals surface area contributed by atoms with E-state index < -0.39 is 0 Å². The normalized spacial score (nSPS) is 9.64. The third-order valence-corrected chi connectivity index (χ3v) is 1.53. The van der Waals surface area contributed by atoms with E-state index >= 15 is 0 Å². The van der Waals surface area contributed by atoms with Crippen molar-refractivity contribution in [1.82, 2.24) is 9.97 Å². The summed E-state index contributed by atoms with van der Waals surface area (Å²) in [6, 6.07) is 0. The van der Waals surface area contributed by atoms with Gasteiger partial charge in [-0.05, 0) is 6.92 Å². The number of nitrogens with two attached hydrogens (primary N) is 1. The van der Waals surface area contributed by atoms with Gasteiger partial charge in [0.1, 0.15) is 16.7 Å². The molecule has 0 aliphatic rings. The summed E-state index contributed by atoms with van der Waals surface area (Å²) in [6.07, 6.45) is 0.594. The molecule has 4 nitrogen and oxygen atoms in total. The molecule has 0 spiro atoms. The Balaban J connectivity index is 3.36. The molecule has 5 heteroatoms. The van der Waals surface area contributed by atoms with Crippen LogP contribution in [0.2, 0.25) is 0 Å². The molecule has 0 bridgehead atoms. The number of anilines is 1. The zero-order valence-corrected chi connectivity index (χ0v) is 6.80. The van der Waals surface area contributed by atoms with Gasteiger partial charge in [-0.25, -0.2) is 9.97 Å². The number of nitrogens with zero attached hydrogens (tertiary/aromatic N) is 2. The molecule has 1 heterocycles. The summed E-state index contributed by atoms with van der Waals surface area (Å²) in [4.78, 5) is 18.0. The second kappa shape index (κ2) is 2.87. The Labute approximate surface area is 69.3 Å². The minimum Gasteiger partial charge on any atom is -0.383 e. The fourth-order valence-corrected chi connectivity index (χ4v) is 1.01. The first-order chi connectivity index (χ1) is 5.15. The zero-order valence-electron chi connectivity index (χ0n) is 5.90. The van der Waals surface area contributed by atoms with Gasteiger partial charge in [0, 0.05) is 0 Å². The minimum atomic E-state index is 0.178. The number of thiol groups is 1. The summed E-state index contributed by atoms with van der Waals surface area (Å²) in [5.74, 6) is 0.690. The lowest BCUT2D eigenvalue weighted by Crippen LogP contribution is -2.02. The SMILES string of the molecule is Cc1nc(N)c(C=O)c(S)n1. The van der Waals surface area contributed by atoms with E-state index in [9.17, 15) is 4.79 Å². The molecule has 0 aliphatic carbocycles. The van der Waals surface area contributed by atoms with Crippen molar-refractivity contribution in [3.8, 4) is 0 Å². The number of hydrogen-bond donors (Lipinski definition) is 2. The average molecular weight is 169 g/mol. The Bertz CT molecular complexity index is 277. The molecule has 0 fully saturated rings. The summed E-state index contributed by atoms with van der Waals surface area (Å²) in [5.41, 5.74) is 5.65. The van der Waals surface area contributed by atoms with Crippen LogP contribution in [0, 0.1) is 6.92 Å². The molecular formula is C6H7N3OS. The number of carbonyl (C=O) groups is 1. The predicted molar refractivity (Wildman–Crippen MR) is 43.8 cm³/mol. The standard InChI is InChI=1S/C6H7N3OS/c1-3-8-5(7)4(2-10)6(11)9-3/h2H,1H3,(H3,7,8,9,11). The third-order valence-electron chi connectivity index (χ3n) is 1.18. The van der Waals surface area contributed by atoms with E-state index in [4.69, 9.17) is 5.73 Å². The van der Waals surface area contributed by atoms with Crippen LogP contribution in [0.5, 0.6) is 0 Å². The van der Waals surface area contributed by atoms with E-state index in [0.29, 0.717) is 17.1 Å². The quantitative estimate of drug-likeness (QED) is 0.364. The fraction of sp³-hybridized carbons (Fsp3) is 0.167. The third kappa shape index (κ3) is 1.48. The molecule has 0 radical (unpaired) electrons. The van der Waals surface area contributed by atoms with E-state index in [1.54, 1.807) is 6.92 Å². The lowest BCUT2D eigenvalue weighted by Gasteiger charge is -2.00. The van der Waals surface area contributed by atoms with Crippen molar-refractivity contribution in [3.63, 3.8) is 0 Å². The van der Waals surface area contributed by atoms with Gasteiger partial charge in [-0.3, -0.25) is 4.79 Å². The van der Waals surface area contributed by atoms with Crippen LogP contribution in [-0.4, -0.2) is 16.3 Å². The zero-order chi connectivity index (χ0) is 8.43. The topological polar surface area (TPSA) is 68.9 Å².